The molecule has 6 heteroatoms. The van der Waals surface area contributed by atoms with Gasteiger partial charge in [0.15, 0.2) is 5.82 Å². The number of aromatic nitrogens is 3. The second-order valence-corrected chi connectivity index (χ2v) is 4.49. The monoisotopic (exact) mass is 238 g/mol. The van der Waals surface area contributed by atoms with Crippen molar-refractivity contribution in [2.45, 2.75) is 38.2 Å². The Morgan fingerprint density at radius 1 is 1.53 bits per heavy atom. The van der Waals surface area contributed by atoms with Gasteiger partial charge < -0.3 is 10.1 Å². The fourth-order valence-electron chi connectivity index (χ4n) is 2.29. The zero-order chi connectivity index (χ0) is 12.1. The summed E-state index contributed by atoms with van der Waals surface area (Å²) in [6.07, 6.45) is 6.67. The lowest BCUT2D eigenvalue weighted by Crippen LogP contribution is -2.24. The summed E-state index contributed by atoms with van der Waals surface area (Å²) in [5.41, 5.74) is 0. The number of rotatable bonds is 4. The Labute approximate surface area is 100 Å². The Morgan fingerprint density at radius 2 is 2.29 bits per heavy atom. The summed E-state index contributed by atoms with van der Waals surface area (Å²) in [6, 6.07) is 0. The summed E-state index contributed by atoms with van der Waals surface area (Å²) >= 11 is 0. The van der Waals surface area contributed by atoms with Gasteiger partial charge >= 0.3 is 0 Å². The van der Waals surface area contributed by atoms with Crippen LogP contribution < -0.4 is 5.32 Å². The zero-order valence-electron chi connectivity index (χ0n) is 9.98. The van der Waals surface area contributed by atoms with E-state index in [0.29, 0.717) is 24.3 Å². The molecule has 1 saturated carbocycles. The van der Waals surface area contributed by atoms with Crippen LogP contribution in [0.3, 0.4) is 0 Å². The zero-order valence-corrected chi connectivity index (χ0v) is 9.98. The average molecular weight is 238 g/mol. The van der Waals surface area contributed by atoms with Gasteiger partial charge in [-0.05, 0) is 31.6 Å². The van der Waals surface area contributed by atoms with Crippen molar-refractivity contribution in [1.29, 1.82) is 0 Å². The molecule has 94 valence electrons. The van der Waals surface area contributed by atoms with Crippen LogP contribution >= 0.6 is 0 Å². The normalized spacial score (nSPS) is 24.5. The lowest BCUT2D eigenvalue weighted by atomic mass is 9.85. The lowest BCUT2D eigenvalue weighted by Gasteiger charge is -2.26. The minimum absolute atomic E-state index is 0.0137. The highest BCUT2D eigenvalue weighted by molar-refractivity contribution is 5.89. The van der Waals surface area contributed by atoms with E-state index in [2.05, 4.69) is 20.7 Å². The minimum Gasteiger partial charge on any atom is -0.381 e. The van der Waals surface area contributed by atoms with E-state index in [4.69, 9.17) is 4.74 Å². The van der Waals surface area contributed by atoms with Gasteiger partial charge in [-0.15, -0.1) is 5.10 Å². The predicted molar refractivity (Wildman–Crippen MR) is 62.4 cm³/mol. The molecular weight excluding hydrogens is 220 g/mol. The van der Waals surface area contributed by atoms with Crippen LogP contribution in [0.2, 0.25) is 0 Å². The first-order valence-electron chi connectivity index (χ1n) is 5.96. The molecule has 0 bridgehead atoms. The van der Waals surface area contributed by atoms with E-state index in [-0.39, 0.29) is 5.91 Å². The standard InChI is InChI=1S/C11H18N4O2/c1-17-9-4-2-8(3-5-9)6-11(16)13-10-7-12-15-14-10/h7-9H,2-6H2,1H3,(H2,12,13,14,15,16). The van der Waals surface area contributed by atoms with Crippen molar-refractivity contribution < 1.29 is 9.53 Å². The Bertz CT molecular complexity index is 344. The molecule has 0 atom stereocenters. The number of hydrogen-bond donors (Lipinski definition) is 2. The third-order valence-corrected chi connectivity index (χ3v) is 3.28. The van der Waals surface area contributed by atoms with E-state index in [0.717, 1.165) is 25.7 Å². The van der Waals surface area contributed by atoms with Gasteiger partial charge in [0, 0.05) is 13.5 Å². The molecule has 1 aliphatic rings. The van der Waals surface area contributed by atoms with E-state index in [1.807, 2.05) is 0 Å². The summed E-state index contributed by atoms with van der Waals surface area (Å²) in [4.78, 5) is 11.7. The largest absolute Gasteiger partial charge is 0.381 e. The van der Waals surface area contributed by atoms with Crippen LogP contribution in [-0.4, -0.2) is 34.5 Å². The van der Waals surface area contributed by atoms with E-state index in [9.17, 15) is 4.79 Å². The number of carbonyl (C=O) groups excluding carboxylic acids is 1. The number of carbonyl (C=O) groups is 1. The van der Waals surface area contributed by atoms with Crippen LogP contribution in [-0.2, 0) is 9.53 Å². The molecule has 1 heterocycles. The second-order valence-electron chi connectivity index (χ2n) is 4.49. The molecule has 1 fully saturated rings. The molecule has 0 aromatic carbocycles. The number of nitrogens with one attached hydrogen (secondary N) is 2. The summed E-state index contributed by atoms with van der Waals surface area (Å²) in [7, 11) is 1.75. The van der Waals surface area contributed by atoms with E-state index < -0.39 is 0 Å². The topological polar surface area (TPSA) is 79.9 Å². The highest BCUT2D eigenvalue weighted by Crippen LogP contribution is 2.28. The molecule has 1 aromatic heterocycles. The van der Waals surface area contributed by atoms with Crippen LogP contribution in [0.1, 0.15) is 32.1 Å². The molecule has 0 saturated heterocycles. The van der Waals surface area contributed by atoms with Gasteiger partial charge in [0.25, 0.3) is 0 Å². The number of anilines is 1. The molecule has 2 N–H and O–H groups in total. The first-order chi connectivity index (χ1) is 8.28. The maximum atomic E-state index is 11.7. The van der Waals surface area contributed by atoms with Crippen LogP contribution in [0.5, 0.6) is 0 Å². The maximum Gasteiger partial charge on any atom is 0.225 e. The molecule has 0 unspecified atom stereocenters. The Morgan fingerprint density at radius 3 is 2.88 bits per heavy atom. The molecule has 1 aromatic rings. The molecule has 17 heavy (non-hydrogen) atoms. The molecule has 1 aliphatic carbocycles. The SMILES string of the molecule is COC1CCC(CC(=O)Nc2cn[nH]n2)CC1. The number of hydrogen-bond acceptors (Lipinski definition) is 4. The van der Waals surface area contributed by atoms with Gasteiger partial charge in [-0.25, -0.2) is 0 Å². The van der Waals surface area contributed by atoms with Crippen LogP contribution in [0, 0.1) is 5.92 Å². The first kappa shape index (κ1) is 12.0. The molecule has 1 amide bonds. The Kier molecular flexibility index (Phi) is 4.08. The van der Waals surface area contributed by atoms with E-state index in [1.54, 1.807) is 7.11 Å². The Balaban J connectivity index is 1.72. The second kappa shape index (κ2) is 5.77. The van der Waals surface area contributed by atoms with E-state index in [1.165, 1.54) is 6.20 Å². The quantitative estimate of drug-likeness (QED) is 0.829. The number of methoxy groups -OCH3 is 1. The molecule has 0 spiro atoms. The van der Waals surface area contributed by atoms with Gasteiger partial charge in [-0.2, -0.15) is 10.3 Å². The van der Waals surface area contributed by atoms with Crippen LogP contribution in [0.15, 0.2) is 6.20 Å². The number of H-pyrrole nitrogens is 1. The molecule has 2 rings (SSSR count). The summed E-state index contributed by atoms with van der Waals surface area (Å²) in [5, 5.41) is 12.6. The van der Waals surface area contributed by atoms with Gasteiger partial charge in [0.2, 0.25) is 5.91 Å². The fraction of sp³-hybridized carbons (Fsp3) is 0.727. The number of amides is 1. The Hall–Kier alpha value is -1.43. The highest BCUT2D eigenvalue weighted by Gasteiger charge is 2.22. The summed E-state index contributed by atoms with van der Waals surface area (Å²) < 4.78 is 5.31. The van der Waals surface area contributed by atoms with Crippen molar-refractivity contribution in [3.8, 4) is 0 Å². The summed E-state index contributed by atoms with van der Waals surface area (Å²) in [5.74, 6) is 0.966. The third-order valence-electron chi connectivity index (χ3n) is 3.28. The highest BCUT2D eigenvalue weighted by atomic mass is 16.5. The van der Waals surface area contributed by atoms with Gasteiger partial charge in [-0.3, -0.25) is 4.79 Å². The van der Waals surface area contributed by atoms with Gasteiger partial charge in [0.1, 0.15) is 0 Å². The number of aromatic amines is 1. The predicted octanol–water partition coefficient (Wildman–Crippen LogP) is 1.34. The first-order valence-corrected chi connectivity index (χ1v) is 5.96. The fourth-order valence-corrected chi connectivity index (χ4v) is 2.29. The molecule has 0 aliphatic heterocycles. The maximum absolute atomic E-state index is 11.7. The van der Waals surface area contributed by atoms with Gasteiger partial charge in [-0.1, -0.05) is 0 Å². The average Bonchev–Trinajstić information content (AvgIpc) is 2.82. The minimum atomic E-state index is 0.0137. The van der Waals surface area contributed by atoms with Crippen molar-refractivity contribution in [2.75, 3.05) is 12.4 Å². The van der Waals surface area contributed by atoms with Crippen LogP contribution in [0.25, 0.3) is 0 Å². The van der Waals surface area contributed by atoms with Crippen molar-refractivity contribution >= 4 is 11.7 Å². The lowest BCUT2D eigenvalue weighted by molar-refractivity contribution is -0.117. The molecule has 0 radical (unpaired) electrons. The van der Waals surface area contributed by atoms with Crippen molar-refractivity contribution in [3.63, 3.8) is 0 Å². The molecule has 6 nitrogen and oxygen atoms in total. The van der Waals surface area contributed by atoms with Crippen molar-refractivity contribution in [2.24, 2.45) is 5.92 Å². The van der Waals surface area contributed by atoms with Crippen LogP contribution in [0.4, 0.5) is 5.82 Å². The third kappa shape index (κ3) is 3.52. The van der Waals surface area contributed by atoms with Crippen molar-refractivity contribution in [3.05, 3.63) is 6.20 Å². The van der Waals surface area contributed by atoms with Gasteiger partial charge in [0.05, 0.1) is 12.3 Å². The number of nitrogens with zero attached hydrogens (tertiary/aromatic N) is 2. The van der Waals surface area contributed by atoms with E-state index >= 15 is 0 Å². The number of ether oxygens (including phenoxy) is 1. The smallest absolute Gasteiger partial charge is 0.225 e. The van der Waals surface area contributed by atoms with Crippen molar-refractivity contribution in [1.82, 2.24) is 15.4 Å². The summed E-state index contributed by atoms with van der Waals surface area (Å²) in [6.45, 7) is 0. The molecular formula is C11H18N4O2.